The highest BCUT2D eigenvalue weighted by molar-refractivity contribution is 6.32. The fourth-order valence-corrected chi connectivity index (χ4v) is 4.37. The van der Waals surface area contributed by atoms with Crippen molar-refractivity contribution in [2.45, 2.75) is 25.9 Å². The number of aryl methyl sites for hydroxylation is 1. The Morgan fingerprint density at radius 1 is 1.33 bits per heavy atom. The van der Waals surface area contributed by atoms with Crippen molar-refractivity contribution in [1.82, 2.24) is 34.2 Å². The summed E-state index contributed by atoms with van der Waals surface area (Å²) in [7, 11) is 0. The molecule has 9 nitrogen and oxygen atoms in total. The third kappa shape index (κ3) is 3.58. The summed E-state index contributed by atoms with van der Waals surface area (Å²) in [5, 5.41) is 5.83. The van der Waals surface area contributed by atoms with E-state index in [1.165, 1.54) is 12.4 Å². The van der Waals surface area contributed by atoms with Gasteiger partial charge in [0.05, 0.1) is 33.8 Å². The number of carbonyl (C=O) groups is 1. The lowest BCUT2D eigenvalue weighted by Crippen LogP contribution is -2.27. The Morgan fingerprint density at radius 3 is 2.97 bits per heavy atom. The number of halogens is 1. The van der Waals surface area contributed by atoms with E-state index in [4.69, 9.17) is 22.4 Å². The largest absolute Gasteiger partial charge is 0.383 e. The lowest BCUT2D eigenvalue weighted by Gasteiger charge is -2.14. The molecule has 33 heavy (non-hydrogen) atoms. The van der Waals surface area contributed by atoms with Crippen LogP contribution in [0.25, 0.3) is 22.1 Å². The Balaban J connectivity index is 1.56. The van der Waals surface area contributed by atoms with Gasteiger partial charge in [-0.05, 0) is 37.5 Å². The molecule has 4 aromatic rings. The maximum atomic E-state index is 12.0. The zero-order chi connectivity index (χ0) is 23.1. The molecule has 0 spiro atoms. The Labute approximate surface area is 194 Å². The highest BCUT2D eigenvalue weighted by atomic mass is 35.5. The van der Waals surface area contributed by atoms with Gasteiger partial charge in [0, 0.05) is 25.2 Å². The van der Waals surface area contributed by atoms with E-state index in [0.717, 1.165) is 24.0 Å². The second-order valence-corrected chi connectivity index (χ2v) is 8.19. The number of fused-ring (bicyclic) bond motifs is 2. The van der Waals surface area contributed by atoms with Gasteiger partial charge in [0.1, 0.15) is 17.8 Å². The highest BCUT2D eigenvalue weighted by Gasteiger charge is 2.29. The van der Waals surface area contributed by atoms with E-state index in [1.807, 2.05) is 23.6 Å². The number of nitrogens with two attached hydrogens (primary N) is 1. The molecule has 1 aliphatic heterocycles. The predicted octanol–water partition coefficient (Wildman–Crippen LogP) is 2.79. The maximum absolute atomic E-state index is 12.0. The van der Waals surface area contributed by atoms with Crippen LogP contribution >= 0.6 is 11.6 Å². The molecule has 1 amide bonds. The molecule has 2 N–H and O–H groups in total. The Kier molecular flexibility index (Phi) is 5.23. The van der Waals surface area contributed by atoms with Crippen molar-refractivity contribution in [3.63, 3.8) is 0 Å². The van der Waals surface area contributed by atoms with Crippen molar-refractivity contribution in [3.8, 4) is 11.8 Å². The maximum Gasteiger partial charge on any atom is 0.246 e. The number of imidazole rings is 1. The van der Waals surface area contributed by atoms with Gasteiger partial charge in [0.15, 0.2) is 5.65 Å². The monoisotopic (exact) mass is 460 g/mol. The Hall–Kier alpha value is -3.90. The molecule has 1 fully saturated rings. The van der Waals surface area contributed by atoms with Crippen LogP contribution in [0.1, 0.15) is 30.6 Å². The number of aromatic nitrogens is 6. The van der Waals surface area contributed by atoms with Crippen molar-refractivity contribution in [2.24, 2.45) is 0 Å². The van der Waals surface area contributed by atoms with E-state index in [-0.39, 0.29) is 11.9 Å². The smallest absolute Gasteiger partial charge is 0.246 e. The van der Waals surface area contributed by atoms with E-state index < -0.39 is 0 Å². The quantitative estimate of drug-likeness (QED) is 0.372. The van der Waals surface area contributed by atoms with Crippen LogP contribution in [-0.2, 0) is 11.3 Å². The van der Waals surface area contributed by atoms with Crippen molar-refractivity contribution < 1.29 is 4.79 Å². The minimum absolute atomic E-state index is 0.0424. The van der Waals surface area contributed by atoms with Crippen LogP contribution in [0, 0.1) is 11.8 Å². The second kappa shape index (κ2) is 8.22. The summed E-state index contributed by atoms with van der Waals surface area (Å²) in [6, 6.07) is 3.69. The molecule has 1 aliphatic rings. The number of likely N-dealkylation sites (tertiary alicyclic amines) is 1. The minimum atomic E-state index is -0.0985. The number of anilines is 1. The van der Waals surface area contributed by atoms with Gasteiger partial charge < -0.3 is 15.2 Å². The van der Waals surface area contributed by atoms with Crippen molar-refractivity contribution >= 4 is 45.4 Å². The number of nitrogens with zero attached hydrogens (tertiary/aromatic N) is 7. The fraction of sp³-hybridized carbons (Fsp3) is 0.261. The summed E-state index contributed by atoms with van der Waals surface area (Å²) < 4.78 is 3.81. The topological polar surface area (TPSA) is 108 Å². The number of carbonyl (C=O) groups excluding carboxylic acids is 1. The van der Waals surface area contributed by atoms with Gasteiger partial charge in [-0.3, -0.25) is 4.79 Å². The molecular weight excluding hydrogens is 440 g/mol. The molecule has 0 saturated carbocycles. The fourth-order valence-electron chi connectivity index (χ4n) is 4.16. The van der Waals surface area contributed by atoms with Gasteiger partial charge in [0.2, 0.25) is 5.91 Å². The summed E-state index contributed by atoms with van der Waals surface area (Å²) in [4.78, 5) is 26.7. The van der Waals surface area contributed by atoms with Crippen LogP contribution in [0.2, 0.25) is 5.02 Å². The van der Waals surface area contributed by atoms with Gasteiger partial charge in [0.25, 0.3) is 0 Å². The summed E-state index contributed by atoms with van der Waals surface area (Å²) in [6.45, 7) is 7.56. The molecule has 0 aliphatic carbocycles. The second-order valence-electron chi connectivity index (χ2n) is 7.78. The lowest BCUT2D eigenvalue weighted by molar-refractivity contribution is -0.125. The first-order chi connectivity index (χ1) is 16.0. The van der Waals surface area contributed by atoms with Crippen LogP contribution in [0.15, 0.2) is 37.4 Å². The third-order valence-electron chi connectivity index (χ3n) is 5.88. The molecule has 0 radical (unpaired) electrons. The van der Waals surface area contributed by atoms with E-state index in [9.17, 15) is 4.79 Å². The first-order valence-electron chi connectivity index (χ1n) is 10.6. The van der Waals surface area contributed by atoms with Crippen LogP contribution in [-0.4, -0.2) is 53.2 Å². The Bertz CT molecular complexity index is 1470. The van der Waals surface area contributed by atoms with Crippen molar-refractivity contribution in [2.75, 3.05) is 18.8 Å². The van der Waals surface area contributed by atoms with Gasteiger partial charge in [-0.25, -0.2) is 19.6 Å². The van der Waals surface area contributed by atoms with E-state index in [0.29, 0.717) is 46.2 Å². The molecule has 166 valence electrons. The normalized spacial score (nSPS) is 15.7. The van der Waals surface area contributed by atoms with Crippen molar-refractivity contribution in [3.05, 3.63) is 53.7 Å². The molecule has 1 aromatic carbocycles. The molecule has 10 heteroatoms. The molecular formula is C23H21ClN8O. The van der Waals surface area contributed by atoms with Crippen LogP contribution in [0.3, 0.4) is 0 Å². The average molecular weight is 461 g/mol. The average Bonchev–Trinajstić information content (AvgIpc) is 3.54. The predicted molar refractivity (Wildman–Crippen MR) is 127 cm³/mol. The number of amides is 1. The number of benzene rings is 1. The van der Waals surface area contributed by atoms with E-state index in [1.54, 1.807) is 15.9 Å². The van der Waals surface area contributed by atoms with Crippen LogP contribution in [0.5, 0.6) is 0 Å². The number of hydrogen-bond donors (Lipinski definition) is 1. The lowest BCUT2D eigenvalue weighted by atomic mass is 10.2. The number of hydrogen-bond acceptors (Lipinski definition) is 6. The van der Waals surface area contributed by atoms with Gasteiger partial charge >= 0.3 is 0 Å². The van der Waals surface area contributed by atoms with Crippen LogP contribution < -0.4 is 5.73 Å². The summed E-state index contributed by atoms with van der Waals surface area (Å²) in [5.41, 5.74) is 9.65. The standard InChI is InChI=1S/C23H21ClN8O/c1-3-20(33)31-8-7-15(11-31)32-23-21(22(25)26-12-27-23)17(29-32)6-5-14-9-18-19(10-16(14)24)30(4-2)13-28-18/h3,9-10,12-13,15H,1,4,7-8,11H2,2H3,(H2,25,26,27). The zero-order valence-corrected chi connectivity index (χ0v) is 18.7. The molecule has 0 bridgehead atoms. The van der Waals surface area contributed by atoms with Gasteiger partial charge in [-0.15, -0.1) is 0 Å². The Morgan fingerprint density at radius 2 is 2.18 bits per heavy atom. The van der Waals surface area contributed by atoms with Gasteiger partial charge in [-0.1, -0.05) is 24.1 Å². The molecule has 5 rings (SSSR count). The summed E-state index contributed by atoms with van der Waals surface area (Å²) in [6.07, 6.45) is 5.26. The molecule has 1 saturated heterocycles. The molecule has 4 heterocycles. The number of rotatable bonds is 3. The van der Waals surface area contributed by atoms with Crippen LogP contribution in [0.4, 0.5) is 5.82 Å². The SMILES string of the molecule is C=CC(=O)N1CCC(n2nc(C#Cc3cc4ncn(CC)c4cc3Cl)c3c(N)ncnc32)C1. The minimum Gasteiger partial charge on any atom is -0.383 e. The molecule has 1 unspecified atom stereocenters. The molecule has 3 aromatic heterocycles. The first kappa shape index (κ1) is 21.0. The van der Waals surface area contributed by atoms with Crippen molar-refractivity contribution in [1.29, 1.82) is 0 Å². The van der Waals surface area contributed by atoms with Gasteiger partial charge in [-0.2, -0.15) is 5.10 Å². The van der Waals surface area contributed by atoms with E-state index in [2.05, 4.69) is 33.4 Å². The molecule has 1 atom stereocenters. The number of nitrogen functional groups attached to an aromatic ring is 1. The summed E-state index contributed by atoms with van der Waals surface area (Å²) in [5.74, 6) is 6.42. The third-order valence-corrected chi connectivity index (χ3v) is 6.19. The zero-order valence-electron chi connectivity index (χ0n) is 18.0. The first-order valence-corrected chi connectivity index (χ1v) is 10.9. The summed E-state index contributed by atoms with van der Waals surface area (Å²) >= 11 is 6.51. The highest BCUT2D eigenvalue weighted by Crippen LogP contribution is 2.29. The van der Waals surface area contributed by atoms with E-state index >= 15 is 0 Å².